The lowest BCUT2D eigenvalue weighted by molar-refractivity contribution is 0.0947. The Labute approximate surface area is 155 Å². The molecule has 26 heavy (non-hydrogen) atoms. The van der Waals surface area contributed by atoms with E-state index in [-0.39, 0.29) is 11.8 Å². The first-order valence-corrected chi connectivity index (χ1v) is 9.41. The number of thiophene rings is 1. The molecule has 0 bridgehead atoms. The van der Waals surface area contributed by atoms with Crippen LogP contribution in [0.15, 0.2) is 66.2 Å². The van der Waals surface area contributed by atoms with Crippen molar-refractivity contribution in [1.29, 1.82) is 0 Å². The minimum absolute atomic E-state index is 0.0971. The van der Waals surface area contributed by atoms with Gasteiger partial charge in [-0.15, -0.1) is 11.3 Å². The van der Waals surface area contributed by atoms with Gasteiger partial charge in [-0.2, -0.15) is 0 Å². The third kappa shape index (κ3) is 3.26. The van der Waals surface area contributed by atoms with Crippen molar-refractivity contribution < 1.29 is 4.79 Å². The standard InChI is InChI=1S/C21H19N3OS/c1-14-6-4-9-19(24-14)21(25)23-13-17(20-10-5-11-26-20)16-12-22-18-8-3-2-7-15(16)18/h2-12,17,22H,13H2,1H3,(H,23,25)/t17-/m1/s1. The number of hydrogen-bond acceptors (Lipinski definition) is 3. The Morgan fingerprint density at radius 1 is 1.15 bits per heavy atom. The van der Waals surface area contributed by atoms with Gasteiger partial charge in [0, 0.05) is 40.1 Å². The van der Waals surface area contributed by atoms with E-state index in [2.05, 4.69) is 38.9 Å². The average Bonchev–Trinajstić information content (AvgIpc) is 3.32. The molecular formula is C21H19N3OS. The fraction of sp³-hybridized carbons (Fsp3) is 0.143. The summed E-state index contributed by atoms with van der Waals surface area (Å²) in [4.78, 5) is 21.4. The molecule has 2 N–H and O–H groups in total. The van der Waals surface area contributed by atoms with Gasteiger partial charge in [-0.25, -0.2) is 4.98 Å². The maximum atomic E-state index is 12.5. The number of aryl methyl sites for hydroxylation is 1. The van der Waals surface area contributed by atoms with Crippen LogP contribution in [0, 0.1) is 6.92 Å². The van der Waals surface area contributed by atoms with Gasteiger partial charge in [0.15, 0.2) is 0 Å². The van der Waals surface area contributed by atoms with Crippen molar-refractivity contribution in [2.45, 2.75) is 12.8 Å². The zero-order valence-corrected chi connectivity index (χ0v) is 15.2. The summed E-state index contributed by atoms with van der Waals surface area (Å²) < 4.78 is 0. The van der Waals surface area contributed by atoms with Gasteiger partial charge in [0.1, 0.15) is 5.69 Å². The van der Waals surface area contributed by atoms with Gasteiger partial charge in [0.2, 0.25) is 0 Å². The number of pyridine rings is 1. The highest BCUT2D eigenvalue weighted by Gasteiger charge is 2.20. The number of fused-ring (bicyclic) bond motifs is 1. The van der Waals surface area contributed by atoms with Crippen LogP contribution in [-0.4, -0.2) is 22.4 Å². The van der Waals surface area contributed by atoms with Crippen molar-refractivity contribution >= 4 is 28.1 Å². The number of amides is 1. The summed E-state index contributed by atoms with van der Waals surface area (Å²) in [7, 11) is 0. The molecule has 130 valence electrons. The van der Waals surface area contributed by atoms with Crippen molar-refractivity contribution in [3.8, 4) is 0 Å². The van der Waals surface area contributed by atoms with E-state index in [1.165, 1.54) is 15.8 Å². The number of para-hydroxylation sites is 1. The lowest BCUT2D eigenvalue weighted by Gasteiger charge is -2.16. The first-order valence-electron chi connectivity index (χ1n) is 8.53. The molecule has 0 spiro atoms. The maximum Gasteiger partial charge on any atom is 0.269 e. The van der Waals surface area contributed by atoms with E-state index in [1.54, 1.807) is 17.4 Å². The number of carbonyl (C=O) groups is 1. The van der Waals surface area contributed by atoms with Crippen LogP contribution in [0.5, 0.6) is 0 Å². The Morgan fingerprint density at radius 3 is 2.85 bits per heavy atom. The molecule has 3 aromatic heterocycles. The van der Waals surface area contributed by atoms with Crippen LogP contribution >= 0.6 is 11.3 Å². The quantitative estimate of drug-likeness (QED) is 0.550. The molecule has 0 aliphatic heterocycles. The van der Waals surface area contributed by atoms with Gasteiger partial charge in [-0.05, 0) is 42.1 Å². The fourth-order valence-corrected chi connectivity index (χ4v) is 4.04. The molecule has 0 aliphatic carbocycles. The number of hydrogen-bond donors (Lipinski definition) is 2. The lowest BCUT2D eigenvalue weighted by Crippen LogP contribution is -2.29. The highest BCUT2D eigenvalue weighted by atomic mass is 32.1. The minimum atomic E-state index is -0.143. The Hall–Kier alpha value is -2.92. The highest BCUT2D eigenvalue weighted by molar-refractivity contribution is 7.10. The van der Waals surface area contributed by atoms with Gasteiger partial charge < -0.3 is 10.3 Å². The van der Waals surface area contributed by atoms with Crippen LogP contribution in [0.4, 0.5) is 0 Å². The van der Waals surface area contributed by atoms with Crippen LogP contribution in [0.1, 0.15) is 32.5 Å². The van der Waals surface area contributed by atoms with Gasteiger partial charge in [-0.1, -0.05) is 30.3 Å². The molecule has 1 aromatic carbocycles. The van der Waals surface area contributed by atoms with Gasteiger partial charge in [-0.3, -0.25) is 4.79 Å². The number of nitrogens with one attached hydrogen (secondary N) is 2. The normalized spacial score (nSPS) is 12.2. The van der Waals surface area contributed by atoms with Crippen LogP contribution in [0.2, 0.25) is 0 Å². The van der Waals surface area contributed by atoms with E-state index in [0.29, 0.717) is 12.2 Å². The molecule has 3 heterocycles. The van der Waals surface area contributed by atoms with E-state index >= 15 is 0 Å². The molecule has 4 rings (SSSR count). The molecule has 0 radical (unpaired) electrons. The van der Waals surface area contributed by atoms with Gasteiger partial charge >= 0.3 is 0 Å². The second kappa shape index (κ2) is 7.14. The van der Waals surface area contributed by atoms with Gasteiger partial charge in [0.05, 0.1) is 0 Å². The van der Waals surface area contributed by atoms with E-state index < -0.39 is 0 Å². The third-order valence-corrected chi connectivity index (χ3v) is 5.46. The lowest BCUT2D eigenvalue weighted by atomic mass is 9.96. The Bertz CT molecular complexity index is 1040. The first kappa shape index (κ1) is 16.5. The Balaban J connectivity index is 1.62. The molecule has 4 nitrogen and oxygen atoms in total. The predicted molar refractivity (Wildman–Crippen MR) is 106 cm³/mol. The predicted octanol–water partition coefficient (Wildman–Crippen LogP) is 4.49. The molecule has 0 saturated carbocycles. The summed E-state index contributed by atoms with van der Waals surface area (Å²) in [6, 6.07) is 17.9. The molecular weight excluding hydrogens is 342 g/mol. The second-order valence-electron chi connectivity index (χ2n) is 6.23. The summed E-state index contributed by atoms with van der Waals surface area (Å²) in [5.41, 5.74) is 3.59. The zero-order chi connectivity index (χ0) is 17.9. The van der Waals surface area contributed by atoms with Crippen molar-refractivity contribution in [2.24, 2.45) is 0 Å². The van der Waals surface area contributed by atoms with E-state index in [0.717, 1.165) is 11.2 Å². The van der Waals surface area contributed by atoms with E-state index in [4.69, 9.17) is 0 Å². The summed E-state index contributed by atoms with van der Waals surface area (Å²) >= 11 is 1.71. The summed E-state index contributed by atoms with van der Waals surface area (Å²) in [6.45, 7) is 2.41. The summed E-state index contributed by atoms with van der Waals surface area (Å²) in [6.07, 6.45) is 2.05. The third-order valence-electron chi connectivity index (χ3n) is 4.47. The van der Waals surface area contributed by atoms with Crippen LogP contribution in [0.25, 0.3) is 10.9 Å². The number of benzene rings is 1. The van der Waals surface area contributed by atoms with Crippen molar-refractivity contribution in [1.82, 2.24) is 15.3 Å². The fourth-order valence-electron chi connectivity index (χ4n) is 3.19. The molecule has 1 amide bonds. The molecule has 1 atom stereocenters. The molecule has 4 aromatic rings. The van der Waals surface area contributed by atoms with Crippen LogP contribution in [-0.2, 0) is 0 Å². The number of H-pyrrole nitrogens is 1. The number of carbonyl (C=O) groups excluding carboxylic acids is 1. The smallest absolute Gasteiger partial charge is 0.269 e. The molecule has 5 heteroatoms. The van der Waals surface area contributed by atoms with Crippen molar-refractivity contribution in [3.63, 3.8) is 0 Å². The van der Waals surface area contributed by atoms with Crippen molar-refractivity contribution in [3.05, 3.63) is 88.0 Å². The molecule has 0 aliphatic rings. The number of aromatic nitrogens is 2. The minimum Gasteiger partial charge on any atom is -0.361 e. The number of rotatable bonds is 5. The van der Waals surface area contributed by atoms with E-state index in [1.807, 2.05) is 43.5 Å². The summed E-state index contributed by atoms with van der Waals surface area (Å²) in [5, 5.41) is 6.32. The monoisotopic (exact) mass is 361 g/mol. The summed E-state index contributed by atoms with van der Waals surface area (Å²) in [5.74, 6) is -0.0463. The largest absolute Gasteiger partial charge is 0.361 e. The van der Waals surface area contributed by atoms with Crippen LogP contribution in [0.3, 0.4) is 0 Å². The highest BCUT2D eigenvalue weighted by Crippen LogP contribution is 2.32. The first-order chi connectivity index (χ1) is 12.7. The Kier molecular flexibility index (Phi) is 4.54. The average molecular weight is 361 g/mol. The van der Waals surface area contributed by atoms with Gasteiger partial charge in [0.25, 0.3) is 5.91 Å². The number of nitrogens with zero attached hydrogens (tertiary/aromatic N) is 1. The molecule has 0 fully saturated rings. The van der Waals surface area contributed by atoms with Crippen molar-refractivity contribution in [2.75, 3.05) is 6.54 Å². The Morgan fingerprint density at radius 2 is 2.04 bits per heavy atom. The number of aromatic amines is 1. The SMILES string of the molecule is Cc1cccc(C(=O)NC[C@@H](c2cccs2)c2c[nH]c3ccccc23)n1. The maximum absolute atomic E-state index is 12.5. The van der Waals surface area contributed by atoms with E-state index in [9.17, 15) is 4.79 Å². The second-order valence-corrected chi connectivity index (χ2v) is 7.21. The topological polar surface area (TPSA) is 57.8 Å². The molecule has 0 unspecified atom stereocenters. The zero-order valence-electron chi connectivity index (χ0n) is 14.4. The molecule has 0 saturated heterocycles. The van der Waals surface area contributed by atoms with Crippen LogP contribution < -0.4 is 5.32 Å².